The average molecular weight is 399 g/mol. The van der Waals surface area contributed by atoms with Crippen LogP contribution in [0.2, 0.25) is 5.02 Å². The van der Waals surface area contributed by atoms with Gasteiger partial charge in [0.05, 0.1) is 6.61 Å². The number of benzene rings is 3. The Morgan fingerprint density at radius 3 is 2.07 bits per heavy atom. The van der Waals surface area contributed by atoms with E-state index in [1.54, 1.807) is 0 Å². The van der Waals surface area contributed by atoms with Crippen LogP contribution in [0, 0.1) is 0 Å². The molecule has 6 heteroatoms. The van der Waals surface area contributed by atoms with E-state index < -0.39 is 0 Å². The Hall–Kier alpha value is -2.76. The third-order valence-electron chi connectivity index (χ3n) is 3.57. The fraction of sp³-hybridized carbons (Fsp3) is 0.0952. The van der Waals surface area contributed by atoms with Gasteiger partial charge in [0.25, 0.3) is 0 Å². The second kappa shape index (κ2) is 9.26. The van der Waals surface area contributed by atoms with Crippen molar-refractivity contribution in [2.75, 3.05) is 17.2 Å². The highest BCUT2D eigenvalue weighted by Gasteiger charge is 2.02. The van der Waals surface area contributed by atoms with Crippen molar-refractivity contribution >= 4 is 40.3 Å². The lowest BCUT2D eigenvalue weighted by atomic mass is 10.3. The summed E-state index contributed by atoms with van der Waals surface area (Å²) in [5.74, 6) is 2.31. The number of hydrogen-bond acceptors (Lipinski definition) is 3. The molecule has 0 amide bonds. The monoisotopic (exact) mass is 398 g/mol. The van der Waals surface area contributed by atoms with Gasteiger partial charge in [0.2, 0.25) is 0 Å². The molecule has 2 N–H and O–H groups in total. The number of thiocarbonyl (C=S) groups is 1. The Bertz CT molecular complexity index is 899. The molecule has 0 bridgehead atoms. The average Bonchev–Trinajstić information content (AvgIpc) is 2.65. The number of hydrogen-bond donors (Lipinski definition) is 2. The first-order valence-electron chi connectivity index (χ1n) is 8.47. The lowest BCUT2D eigenvalue weighted by Crippen LogP contribution is -2.18. The Morgan fingerprint density at radius 1 is 0.852 bits per heavy atom. The number of ether oxygens (including phenoxy) is 2. The molecule has 0 radical (unpaired) electrons. The maximum Gasteiger partial charge on any atom is 0.175 e. The molecule has 3 aromatic rings. The zero-order valence-electron chi connectivity index (χ0n) is 14.7. The van der Waals surface area contributed by atoms with Gasteiger partial charge in [-0.25, -0.2) is 0 Å². The number of anilines is 2. The van der Waals surface area contributed by atoms with Crippen molar-refractivity contribution in [3.8, 4) is 17.2 Å². The molecular formula is C21H19ClN2O2S. The first-order chi connectivity index (χ1) is 13.1. The highest BCUT2D eigenvalue weighted by atomic mass is 35.5. The van der Waals surface area contributed by atoms with E-state index in [0.29, 0.717) is 16.7 Å². The van der Waals surface area contributed by atoms with Gasteiger partial charge in [-0.05, 0) is 85.9 Å². The third-order valence-corrected chi connectivity index (χ3v) is 4.00. The van der Waals surface area contributed by atoms with E-state index >= 15 is 0 Å². The van der Waals surface area contributed by atoms with Crippen molar-refractivity contribution in [2.45, 2.75) is 6.92 Å². The van der Waals surface area contributed by atoms with E-state index in [1.807, 2.05) is 79.7 Å². The van der Waals surface area contributed by atoms with Crippen LogP contribution >= 0.6 is 23.8 Å². The van der Waals surface area contributed by atoms with Crippen LogP contribution in [0.3, 0.4) is 0 Å². The van der Waals surface area contributed by atoms with E-state index in [0.717, 1.165) is 28.6 Å². The zero-order chi connectivity index (χ0) is 19.1. The Labute approximate surface area is 169 Å². The lowest BCUT2D eigenvalue weighted by molar-refractivity contribution is 0.339. The van der Waals surface area contributed by atoms with Crippen molar-refractivity contribution in [1.29, 1.82) is 0 Å². The molecule has 3 rings (SSSR count). The number of halogens is 1. The molecule has 0 aromatic heterocycles. The van der Waals surface area contributed by atoms with Crippen molar-refractivity contribution < 1.29 is 9.47 Å². The van der Waals surface area contributed by atoms with Crippen molar-refractivity contribution in [1.82, 2.24) is 0 Å². The van der Waals surface area contributed by atoms with Gasteiger partial charge in [-0.1, -0.05) is 17.7 Å². The number of nitrogens with one attached hydrogen (secondary N) is 2. The molecule has 4 nitrogen and oxygen atoms in total. The molecule has 0 aliphatic heterocycles. The highest BCUT2D eigenvalue weighted by molar-refractivity contribution is 7.80. The molecule has 0 atom stereocenters. The summed E-state index contributed by atoms with van der Waals surface area (Å²) in [5.41, 5.74) is 1.68. The maximum atomic E-state index is 5.97. The van der Waals surface area contributed by atoms with Crippen molar-refractivity contribution in [2.24, 2.45) is 0 Å². The fourth-order valence-electron chi connectivity index (χ4n) is 2.37. The van der Waals surface area contributed by atoms with Crippen LogP contribution in [0.15, 0.2) is 72.8 Å². The summed E-state index contributed by atoms with van der Waals surface area (Å²) in [6, 6.07) is 22.4. The van der Waals surface area contributed by atoms with Crippen LogP contribution in [0.25, 0.3) is 0 Å². The standard InChI is InChI=1S/C21H19ClN2O2S/c1-2-25-18-10-12-20(13-11-18)26-19-8-6-16(7-9-19)23-21(27)24-17-5-3-4-15(22)14-17/h3-14H,2H2,1H3,(H2,23,24,27). The van der Waals surface area contributed by atoms with Crippen LogP contribution in [0.5, 0.6) is 17.2 Å². The Kier molecular flexibility index (Phi) is 6.52. The van der Waals surface area contributed by atoms with Gasteiger partial charge in [-0.15, -0.1) is 0 Å². The minimum absolute atomic E-state index is 0.484. The van der Waals surface area contributed by atoms with Crippen LogP contribution in [-0.4, -0.2) is 11.7 Å². The molecule has 0 saturated carbocycles. The molecule has 3 aromatic carbocycles. The molecule has 0 unspecified atom stereocenters. The maximum absolute atomic E-state index is 5.97. The van der Waals surface area contributed by atoms with Gasteiger partial charge in [-0.2, -0.15) is 0 Å². The van der Waals surface area contributed by atoms with Gasteiger partial charge in [0.1, 0.15) is 17.2 Å². The SMILES string of the molecule is CCOc1ccc(Oc2ccc(NC(=S)Nc3cccc(Cl)c3)cc2)cc1. The fourth-order valence-corrected chi connectivity index (χ4v) is 2.80. The van der Waals surface area contributed by atoms with Gasteiger partial charge < -0.3 is 20.1 Å². The largest absolute Gasteiger partial charge is 0.494 e. The third kappa shape index (κ3) is 5.88. The van der Waals surface area contributed by atoms with Gasteiger partial charge in [0.15, 0.2) is 5.11 Å². The molecule has 0 aliphatic carbocycles. The summed E-state index contributed by atoms with van der Waals surface area (Å²) in [6.45, 7) is 2.60. The van der Waals surface area contributed by atoms with Crippen LogP contribution < -0.4 is 20.1 Å². The van der Waals surface area contributed by atoms with E-state index in [4.69, 9.17) is 33.3 Å². The summed E-state index contributed by atoms with van der Waals surface area (Å²) >= 11 is 11.3. The van der Waals surface area contributed by atoms with E-state index in [-0.39, 0.29) is 0 Å². The van der Waals surface area contributed by atoms with Gasteiger partial charge in [-0.3, -0.25) is 0 Å². The summed E-state index contributed by atoms with van der Waals surface area (Å²) in [4.78, 5) is 0. The minimum atomic E-state index is 0.484. The second-order valence-electron chi connectivity index (χ2n) is 5.62. The molecule has 0 saturated heterocycles. The second-order valence-corrected chi connectivity index (χ2v) is 6.47. The molecule has 27 heavy (non-hydrogen) atoms. The predicted molar refractivity (Wildman–Crippen MR) is 115 cm³/mol. The Balaban J connectivity index is 1.55. The minimum Gasteiger partial charge on any atom is -0.494 e. The quantitative estimate of drug-likeness (QED) is 0.474. The summed E-state index contributed by atoms with van der Waals surface area (Å²) in [6.07, 6.45) is 0. The molecule has 0 fully saturated rings. The molecule has 0 spiro atoms. The molecule has 138 valence electrons. The van der Waals surface area contributed by atoms with Crippen LogP contribution in [-0.2, 0) is 0 Å². The van der Waals surface area contributed by atoms with Crippen molar-refractivity contribution in [3.05, 3.63) is 77.8 Å². The first-order valence-corrected chi connectivity index (χ1v) is 9.25. The van der Waals surface area contributed by atoms with Gasteiger partial charge >= 0.3 is 0 Å². The first kappa shape index (κ1) is 19.0. The van der Waals surface area contributed by atoms with E-state index in [1.165, 1.54) is 0 Å². The lowest BCUT2D eigenvalue weighted by Gasteiger charge is -2.12. The Morgan fingerprint density at radius 2 is 1.44 bits per heavy atom. The summed E-state index contributed by atoms with van der Waals surface area (Å²) in [7, 11) is 0. The smallest absolute Gasteiger partial charge is 0.175 e. The number of rotatable bonds is 6. The van der Waals surface area contributed by atoms with Gasteiger partial charge in [0, 0.05) is 16.4 Å². The van der Waals surface area contributed by atoms with E-state index in [9.17, 15) is 0 Å². The van der Waals surface area contributed by atoms with Crippen molar-refractivity contribution in [3.63, 3.8) is 0 Å². The molecule has 0 heterocycles. The van der Waals surface area contributed by atoms with E-state index in [2.05, 4.69) is 10.6 Å². The highest BCUT2D eigenvalue weighted by Crippen LogP contribution is 2.25. The summed E-state index contributed by atoms with van der Waals surface area (Å²) < 4.78 is 11.3. The molecular weight excluding hydrogens is 380 g/mol. The normalized spacial score (nSPS) is 10.1. The molecule has 0 aliphatic rings. The topological polar surface area (TPSA) is 42.5 Å². The predicted octanol–water partition coefficient (Wildman–Crippen LogP) is 6.34. The van der Waals surface area contributed by atoms with Crippen LogP contribution in [0.4, 0.5) is 11.4 Å². The zero-order valence-corrected chi connectivity index (χ0v) is 16.3. The summed E-state index contributed by atoms with van der Waals surface area (Å²) in [5, 5.41) is 7.36. The van der Waals surface area contributed by atoms with Crippen LogP contribution in [0.1, 0.15) is 6.92 Å².